The molecule has 0 saturated carbocycles. The Morgan fingerprint density at radius 1 is 1.15 bits per heavy atom. The molecule has 0 fully saturated rings. The molecule has 0 heterocycles. The smallest absolute Gasteiger partial charge is 0.341 e. The topological polar surface area (TPSA) is 125 Å². The zero-order chi connectivity index (χ0) is 20.3. The summed E-state index contributed by atoms with van der Waals surface area (Å²) in [6.07, 6.45) is -1.08. The Kier molecular flexibility index (Phi) is 5.79. The first-order valence-corrected chi connectivity index (χ1v) is 8.23. The van der Waals surface area contributed by atoms with E-state index in [0.717, 1.165) is 28.8 Å². The molecule has 142 valence electrons. The third-order valence-corrected chi connectivity index (χ3v) is 4.04. The van der Waals surface area contributed by atoms with Gasteiger partial charge in [-0.3, -0.25) is 14.9 Å². The van der Waals surface area contributed by atoms with Crippen LogP contribution in [-0.2, 0) is 9.53 Å². The number of nitrogens with two attached hydrogens (primary N) is 1. The number of carbonyl (C=O) groups excluding carboxylic acids is 2. The molecule has 8 heteroatoms. The number of nitro benzene ring substituents is 1. The van der Waals surface area contributed by atoms with Crippen molar-refractivity contribution in [1.82, 2.24) is 0 Å². The highest BCUT2D eigenvalue weighted by atomic mass is 16.6. The number of rotatable bonds is 5. The van der Waals surface area contributed by atoms with Crippen molar-refractivity contribution in [3.8, 4) is 0 Å². The summed E-state index contributed by atoms with van der Waals surface area (Å²) in [5.74, 6) is -1.32. The highest BCUT2D eigenvalue weighted by Gasteiger charge is 2.22. The van der Waals surface area contributed by atoms with Crippen molar-refractivity contribution in [2.75, 3.05) is 11.1 Å². The number of amides is 1. The van der Waals surface area contributed by atoms with Gasteiger partial charge in [-0.15, -0.1) is 0 Å². The monoisotopic (exact) mass is 371 g/mol. The van der Waals surface area contributed by atoms with Crippen molar-refractivity contribution in [3.05, 3.63) is 62.7 Å². The minimum atomic E-state index is -1.08. The molecule has 3 N–H and O–H groups in total. The second-order valence-corrected chi connectivity index (χ2v) is 6.34. The van der Waals surface area contributed by atoms with Crippen LogP contribution in [0.1, 0.15) is 34.0 Å². The van der Waals surface area contributed by atoms with E-state index in [-0.39, 0.29) is 16.9 Å². The van der Waals surface area contributed by atoms with E-state index in [1.807, 2.05) is 32.9 Å². The summed E-state index contributed by atoms with van der Waals surface area (Å²) >= 11 is 0. The van der Waals surface area contributed by atoms with Gasteiger partial charge >= 0.3 is 5.97 Å². The van der Waals surface area contributed by atoms with Crippen molar-refractivity contribution in [2.24, 2.45) is 0 Å². The van der Waals surface area contributed by atoms with Crippen LogP contribution in [0.3, 0.4) is 0 Å². The maximum atomic E-state index is 12.4. The number of carbonyl (C=O) groups is 2. The fourth-order valence-electron chi connectivity index (χ4n) is 2.73. The number of hydrogen-bond acceptors (Lipinski definition) is 6. The summed E-state index contributed by atoms with van der Waals surface area (Å²) in [5, 5.41) is 13.5. The lowest BCUT2D eigenvalue weighted by Gasteiger charge is -2.17. The maximum Gasteiger partial charge on any atom is 0.341 e. The van der Waals surface area contributed by atoms with Gasteiger partial charge in [0.25, 0.3) is 11.6 Å². The van der Waals surface area contributed by atoms with Crippen LogP contribution in [0.15, 0.2) is 30.3 Å². The lowest BCUT2D eigenvalue weighted by molar-refractivity contribution is -0.384. The van der Waals surface area contributed by atoms with Gasteiger partial charge in [-0.2, -0.15) is 0 Å². The van der Waals surface area contributed by atoms with Crippen molar-refractivity contribution in [1.29, 1.82) is 0 Å². The Hall–Kier alpha value is -3.42. The Balaban J connectivity index is 2.10. The molecule has 0 saturated heterocycles. The van der Waals surface area contributed by atoms with Crippen LogP contribution in [0.4, 0.5) is 17.1 Å². The molecule has 2 aromatic carbocycles. The third kappa shape index (κ3) is 4.60. The molecular weight excluding hydrogens is 350 g/mol. The number of esters is 1. The predicted molar refractivity (Wildman–Crippen MR) is 102 cm³/mol. The van der Waals surface area contributed by atoms with Crippen LogP contribution in [0.2, 0.25) is 0 Å². The van der Waals surface area contributed by atoms with Gasteiger partial charge < -0.3 is 15.8 Å². The number of aryl methyl sites for hydroxylation is 3. The minimum Gasteiger partial charge on any atom is -0.449 e. The van der Waals surface area contributed by atoms with Gasteiger partial charge in [0.15, 0.2) is 6.10 Å². The van der Waals surface area contributed by atoms with Crippen molar-refractivity contribution in [2.45, 2.75) is 33.8 Å². The molecule has 1 amide bonds. The van der Waals surface area contributed by atoms with Gasteiger partial charge in [0.05, 0.1) is 16.2 Å². The highest BCUT2D eigenvalue weighted by Crippen LogP contribution is 2.23. The van der Waals surface area contributed by atoms with Gasteiger partial charge in [-0.25, -0.2) is 4.79 Å². The van der Waals surface area contributed by atoms with Crippen LogP contribution in [0.25, 0.3) is 0 Å². The lowest BCUT2D eigenvalue weighted by Crippen LogP contribution is -2.30. The molecule has 0 aromatic heterocycles. The maximum absolute atomic E-state index is 12.4. The van der Waals surface area contributed by atoms with Gasteiger partial charge in [0.1, 0.15) is 0 Å². The number of ether oxygens (including phenoxy) is 1. The summed E-state index contributed by atoms with van der Waals surface area (Å²) in [5.41, 5.74) is 8.87. The van der Waals surface area contributed by atoms with Crippen LogP contribution in [-0.4, -0.2) is 22.9 Å². The van der Waals surface area contributed by atoms with Crippen LogP contribution in [0, 0.1) is 30.9 Å². The van der Waals surface area contributed by atoms with Crippen LogP contribution < -0.4 is 11.1 Å². The van der Waals surface area contributed by atoms with Crippen molar-refractivity contribution in [3.63, 3.8) is 0 Å². The average molecular weight is 371 g/mol. The van der Waals surface area contributed by atoms with Gasteiger partial charge in [-0.05, 0) is 44.9 Å². The van der Waals surface area contributed by atoms with E-state index in [2.05, 4.69) is 5.32 Å². The average Bonchev–Trinajstić information content (AvgIpc) is 2.57. The second-order valence-electron chi connectivity index (χ2n) is 6.34. The lowest BCUT2D eigenvalue weighted by atomic mass is 10.0. The molecule has 0 spiro atoms. The van der Waals surface area contributed by atoms with Gasteiger partial charge in [0, 0.05) is 17.8 Å². The Labute approximate surface area is 156 Å². The first-order chi connectivity index (χ1) is 12.6. The van der Waals surface area contributed by atoms with E-state index in [1.165, 1.54) is 13.0 Å². The quantitative estimate of drug-likeness (QED) is 0.360. The predicted octanol–water partition coefficient (Wildman–Crippen LogP) is 3.29. The molecule has 0 radical (unpaired) electrons. The fraction of sp³-hybridized carbons (Fsp3) is 0.263. The summed E-state index contributed by atoms with van der Waals surface area (Å²) in [7, 11) is 0. The summed E-state index contributed by atoms with van der Waals surface area (Å²) in [4.78, 5) is 34.7. The van der Waals surface area contributed by atoms with Gasteiger partial charge in [-0.1, -0.05) is 17.7 Å². The molecule has 0 unspecified atom stereocenters. The number of nitrogen functional groups attached to an aromatic ring is 1. The molecule has 0 aliphatic rings. The van der Waals surface area contributed by atoms with E-state index in [4.69, 9.17) is 10.5 Å². The third-order valence-electron chi connectivity index (χ3n) is 4.04. The van der Waals surface area contributed by atoms with E-state index in [1.54, 1.807) is 0 Å². The van der Waals surface area contributed by atoms with E-state index < -0.39 is 22.9 Å². The number of nitrogens with one attached hydrogen (secondary N) is 1. The minimum absolute atomic E-state index is 0.0389. The summed E-state index contributed by atoms with van der Waals surface area (Å²) in [6.45, 7) is 7.16. The molecule has 2 rings (SSSR count). The largest absolute Gasteiger partial charge is 0.449 e. The zero-order valence-electron chi connectivity index (χ0n) is 15.5. The standard InChI is InChI=1S/C19H21N3O5/c1-10-7-11(2)17(12(3)8-10)21-18(23)13(4)27-19(24)15-6-5-14(22(25)26)9-16(15)20/h5-9,13H,20H2,1-4H3,(H,21,23)/t13-/m0/s1. The molecule has 0 bridgehead atoms. The number of nitro groups is 1. The molecule has 8 nitrogen and oxygen atoms in total. The molecule has 2 aromatic rings. The summed E-state index contributed by atoms with van der Waals surface area (Å²) in [6, 6.07) is 7.31. The van der Waals surface area contributed by atoms with E-state index >= 15 is 0 Å². The Morgan fingerprint density at radius 3 is 2.26 bits per heavy atom. The van der Waals surface area contributed by atoms with Gasteiger partial charge in [0.2, 0.25) is 0 Å². The number of nitrogens with zero attached hydrogens (tertiary/aromatic N) is 1. The zero-order valence-corrected chi connectivity index (χ0v) is 15.5. The fourth-order valence-corrected chi connectivity index (χ4v) is 2.73. The molecular formula is C19H21N3O5. The normalized spacial score (nSPS) is 11.6. The van der Waals surface area contributed by atoms with E-state index in [0.29, 0.717) is 5.69 Å². The second kappa shape index (κ2) is 7.86. The SMILES string of the molecule is Cc1cc(C)c(NC(=O)[C@H](C)OC(=O)c2ccc([N+](=O)[O-])cc2N)c(C)c1. The molecule has 0 aliphatic carbocycles. The van der Waals surface area contributed by atoms with Crippen molar-refractivity contribution < 1.29 is 19.2 Å². The Morgan fingerprint density at radius 2 is 1.74 bits per heavy atom. The first kappa shape index (κ1) is 19.9. The highest BCUT2D eigenvalue weighted by molar-refractivity contribution is 6.00. The summed E-state index contributed by atoms with van der Waals surface area (Å²) < 4.78 is 5.15. The number of benzene rings is 2. The van der Waals surface area contributed by atoms with E-state index in [9.17, 15) is 19.7 Å². The van der Waals surface area contributed by atoms with Crippen LogP contribution in [0.5, 0.6) is 0 Å². The number of non-ortho nitro benzene ring substituents is 1. The first-order valence-electron chi connectivity index (χ1n) is 8.23. The molecule has 27 heavy (non-hydrogen) atoms. The Bertz CT molecular complexity index is 901. The molecule has 1 atom stereocenters. The van der Waals surface area contributed by atoms with Crippen molar-refractivity contribution >= 4 is 28.9 Å². The number of anilines is 2. The molecule has 0 aliphatic heterocycles. The number of hydrogen-bond donors (Lipinski definition) is 2. The van der Waals surface area contributed by atoms with Crippen LogP contribution >= 0.6 is 0 Å².